The molecule has 0 aliphatic carbocycles. The molecule has 0 aromatic heterocycles. The molecule has 2 rings (SSSR count). The minimum absolute atomic E-state index is 0.717. The van der Waals surface area contributed by atoms with Gasteiger partial charge in [-0.1, -0.05) is 0 Å². The van der Waals surface area contributed by atoms with Crippen LogP contribution >= 0.6 is 0 Å². The van der Waals surface area contributed by atoms with Crippen LogP contribution in [0, 0.1) is 0 Å². The Bertz CT molecular complexity index is 178. The highest BCUT2D eigenvalue weighted by Crippen LogP contribution is 2.21. The molecule has 0 radical (unpaired) electrons. The molecule has 2 aliphatic rings. The van der Waals surface area contributed by atoms with Crippen LogP contribution in [0.15, 0.2) is 0 Å². The average molecular weight is 198 g/mol. The first kappa shape index (κ1) is 10.4. The number of nitrogens with zero attached hydrogens (tertiary/aromatic N) is 2. The highest BCUT2D eigenvalue weighted by Gasteiger charge is 2.31. The summed E-state index contributed by atoms with van der Waals surface area (Å²) in [5.41, 5.74) is 0. The van der Waals surface area contributed by atoms with Crippen LogP contribution < -0.4 is 0 Å². The van der Waals surface area contributed by atoms with Crippen LogP contribution in [0.1, 0.15) is 20.3 Å². The van der Waals surface area contributed by atoms with Crippen molar-refractivity contribution in [3.8, 4) is 0 Å². The van der Waals surface area contributed by atoms with Crippen LogP contribution in [0.3, 0.4) is 0 Å². The predicted octanol–water partition coefficient (Wildman–Crippen LogP) is 0.801. The Morgan fingerprint density at radius 3 is 2.43 bits per heavy atom. The van der Waals surface area contributed by atoms with E-state index in [0.717, 1.165) is 38.4 Å². The van der Waals surface area contributed by atoms with Gasteiger partial charge in [-0.2, -0.15) is 0 Å². The number of likely N-dealkylation sites (tertiary alicyclic amines) is 1. The minimum atomic E-state index is 0.717. The van der Waals surface area contributed by atoms with Crippen molar-refractivity contribution in [3.05, 3.63) is 0 Å². The lowest BCUT2D eigenvalue weighted by Crippen LogP contribution is -2.57. The first-order valence-electron chi connectivity index (χ1n) is 5.83. The zero-order valence-electron chi connectivity index (χ0n) is 9.41. The standard InChI is InChI=1S/C11H22N2O/c1-10(2)13-4-3-11(13)9-12-5-7-14-8-6-12/h10-11H,3-9H2,1-2H3/t11-/m1/s1. The van der Waals surface area contributed by atoms with E-state index in [2.05, 4.69) is 23.6 Å². The van der Waals surface area contributed by atoms with Crippen molar-refractivity contribution >= 4 is 0 Å². The Morgan fingerprint density at radius 2 is 1.93 bits per heavy atom. The Kier molecular flexibility index (Phi) is 3.42. The number of rotatable bonds is 3. The van der Waals surface area contributed by atoms with E-state index in [1.807, 2.05) is 0 Å². The molecule has 2 aliphatic heterocycles. The molecular formula is C11H22N2O. The van der Waals surface area contributed by atoms with Gasteiger partial charge >= 0.3 is 0 Å². The fraction of sp³-hybridized carbons (Fsp3) is 1.00. The van der Waals surface area contributed by atoms with Crippen LogP contribution in [0.2, 0.25) is 0 Å². The summed E-state index contributed by atoms with van der Waals surface area (Å²) in [5, 5.41) is 0. The molecule has 2 fully saturated rings. The Morgan fingerprint density at radius 1 is 1.21 bits per heavy atom. The Balaban J connectivity index is 1.74. The second-order valence-electron chi connectivity index (χ2n) is 4.69. The normalized spacial score (nSPS) is 30.6. The fourth-order valence-electron chi connectivity index (χ4n) is 2.42. The van der Waals surface area contributed by atoms with E-state index < -0.39 is 0 Å². The maximum Gasteiger partial charge on any atom is 0.0594 e. The molecule has 0 saturated carbocycles. The average Bonchev–Trinajstić information content (AvgIpc) is 2.13. The zero-order valence-corrected chi connectivity index (χ0v) is 9.41. The van der Waals surface area contributed by atoms with E-state index in [9.17, 15) is 0 Å². The van der Waals surface area contributed by atoms with E-state index in [-0.39, 0.29) is 0 Å². The molecule has 3 heteroatoms. The lowest BCUT2D eigenvalue weighted by atomic mass is 10.00. The van der Waals surface area contributed by atoms with Gasteiger partial charge in [0.25, 0.3) is 0 Å². The Labute approximate surface area is 87.0 Å². The van der Waals surface area contributed by atoms with Gasteiger partial charge in [0, 0.05) is 38.3 Å². The van der Waals surface area contributed by atoms with Crippen molar-refractivity contribution < 1.29 is 4.74 Å². The van der Waals surface area contributed by atoms with Crippen molar-refractivity contribution in [3.63, 3.8) is 0 Å². The summed E-state index contributed by atoms with van der Waals surface area (Å²) in [6.07, 6.45) is 1.38. The van der Waals surface area contributed by atoms with Crippen molar-refractivity contribution in [2.24, 2.45) is 0 Å². The lowest BCUT2D eigenvalue weighted by molar-refractivity contribution is -0.00958. The van der Waals surface area contributed by atoms with Crippen LogP contribution in [-0.4, -0.2) is 61.3 Å². The minimum Gasteiger partial charge on any atom is -0.379 e. The van der Waals surface area contributed by atoms with Gasteiger partial charge in [-0.25, -0.2) is 0 Å². The highest BCUT2D eigenvalue weighted by molar-refractivity contribution is 4.87. The summed E-state index contributed by atoms with van der Waals surface area (Å²) in [5.74, 6) is 0. The number of morpholine rings is 1. The third-order valence-electron chi connectivity index (χ3n) is 3.43. The van der Waals surface area contributed by atoms with Crippen molar-refractivity contribution in [1.29, 1.82) is 0 Å². The van der Waals surface area contributed by atoms with Crippen LogP contribution in [0.25, 0.3) is 0 Å². The van der Waals surface area contributed by atoms with E-state index in [1.54, 1.807) is 0 Å². The van der Waals surface area contributed by atoms with Gasteiger partial charge in [-0.3, -0.25) is 9.80 Å². The molecular weight excluding hydrogens is 176 g/mol. The monoisotopic (exact) mass is 198 g/mol. The molecule has 0 unspecified atom stereocenters. The summed E-state index contributed by atoms with van der Waals surface area (Å²) in [6, 6.07) is 1.53. The largest absolute Gasteiger partial charge is 0.379 e. The van der Waals surface area contributed by atoms with E-state index in [4.69, 9.17) is 4.74 Å². The summed E-state index contributed by atoms with van der Waals surface area (Å²) in [4.78, 5) is 5.15. The molecule has 3 nitrogen and oxygen atoms in total. The SMILES string of the molecule is CC(C)N1CC[C@@H]1CN1CCOCC1. The van der Waals surface area contributed by atoms with Crippen molar-refractivity contribution in [2.75, 3.05) is 39.4 Å². The molecule has 0 N–H and O–H groups in total. The summed E-state index contributed by atoms with van der Waals surface area (Å²) in [7, 11) is 0. The number of hydrogen-bond acceptors (Lipinski definition) is 3. The molecule has 14 heavy (non-hydrogen) atoms. The maximum atomic E-state index is 5.35. The first-order chi connectivity index (χ1) is 6.77. The molecule has 82 valence electrons. The van der Waals surface area contributed by atoms with Gasteiger partial charge in [-0.05, 0) is 20.3 Å². The topological polar surface area (TPSA) is 15.7 Å². The summed E-state index contributed by atoms with van der Waals surface area (Å²) in [6.45, 7) is 11.2. The summed E-state index contributed by atoms with van der Waals surface area (Å²) >= 11 is 0. The maximum absolute atomic E-state index is 5.35. The van der Waals surface area contributed by atoms with Crippen molar-refractivity contribution in [1.82, 2.24) is 9.80 Å². The van der Waals surface area contributed by atoms with Gasteiger partial charge in [0.15, 0.2) is 0 Å². The molecule has 0 bridgehead atoms. The molecule has 0 amide bonds. The predicted molar refractivity (Wildman–Crippen MR) is 57.5 cm³/mol. The molecule has 0 spiro atoms. The number of hydrogen-bond donors (Lipinski definition) is 0. The fourth-order valence-corrected chi connectivity index (χ4v) is 2.42. The molecule has 0 aromatic carbocycles. The van der Waals surface area contributed by atoms with Crippen LogP contribution in [-0.2, 0) is 4.74 Å². The van der Waals surface area contributed by atoms with Gasteiger partial charge in [0.1, 0.15) is 0 Å². The second-order valence-corrected chi connectivity index (χ2v) is 4.69. The van der Waals surface area contributed by atoms with Gasteiger partial charge in [0.2, 0.25) is 0 Å². The van der Waals surface area contributed by atoms with Gasteiger partial charge in [0.05, 0.1) is 13.2 Å². The van der Waals surface area contributed by atoms with E-state index in [1.165, 1.54) is 19.5 Å². The van der Waals surface area contributed by atoms with E-state index in [0.29, 0.717) is 0 Å². The van der Waals surface area contributed by atoms with Crippen LogP contribution in [0.5, 0.6) is 0 Å². The van der Waals surface area contributed by atoms with Gasteiger partial charge < -0.3 is 4.74 Å². The Hall–Kier alpha value is -0.120. The molecule has 0 aromatic rings. The van der Waals surface area contributed by atoms with E-state index >= 15 is 0 Å². The van der Waals surface area contributed by atoms with Crippen LogP contribution in [0.4, 0.5) is 0 Å². The smallest absolute Gasteiger partial charge is 0.0594 e. The molecule has 2 heterocycles. The third kappa shape index (κ3) is 2.27. The van der Waals surface area contributed by atoms with Gasteiger partial charge in [-0.15, -0.1) is 0 Å². The number of ether oxygens (including phenoxy) is 1. The summed E-state index contributed by atoms with van der Waals surface area (Å²) < 4.78 is 5.35. The quantitative estimate of drug-likeness (QED) is 0.667. The van der Waals surface area contributed by atoms with Crippen molar-refractivity contribution in [2.45, 2.75) is 32.4 Å². The zero-order chi connectivity index (χ0) is 9.97. The first-order valence-corrected chi connectivity index (χ1v) is 5.83. The second kappa shape index (κ2) is 4.60. The third-order valence-corrected chi connectivity index (χ3v) is 3.43. The molecule has 1 atom stereocenters. The lowest BCUT2D eigenvalue weighted by Gasteiger charge is -2.46. The highest BCUT2D eigenvalue weighted by atomic mass is 16.5. The molecule has 2 saturated heterocycles.